The lowest BCUT2D eigenvalue weighted by Gasteiger charge is -2.27. The lowest BCUT2D eigenvalue weighted by Crippen LogP contribution is -2.47. The van der Waals surface area contributed by atoms with Crippen LogP contribution < -0.4 is 10.6 Å². The van der Waals surface area contributed by atoms with Gasteiger partial charge in [-0.3, -0.25) is 4.79 Å². The van der Waals surface area contributed by atoms with Crippen LogP contribution in [0.3, 0.4) is 0 Å². The third kappa shape index (κ3) is 3.84. The maximum atomic E-state index is 12.4. The number of anilines is 1. The van der Waals surface area contributed by atoms with Gasteiger partial charge in [0.05, 0.1) is 6.04 Å². The number of benzene rings is 1. The van der Waals surface area contributed by atoms with Crippen LogP contribution in [-0.2, 0) is 4.79 Å². The Morgan fingerprint density at radius 2 is 1.89 bits per heavy atom. The van der Waals surface area contributed by atoms with Crippen LogP contribution in [0.15, 0.2) is 30.3 Å². The quantitative estimate of drug-likeness (QED) is 0.841. The topological polar surface area (TPSA) is 46.3 Å². The van der Waals surface area contributed by atoms with Gasteiger partial charge in [-0.2, -0.15) is 0 Å². The number of para-hydroxylation sites is 1. The molecule has 2 N–H and O–H groups in total. The number of unbranched alkanes of at least 4 members (excludes halogenated alkanes) is 1. The smallest absolute Gasteiger partial charge is 0.244 e. The molecule has 0 heterocycles. The van der Waals surface area contributed by atoms with Crippen molar-refractivity contribution in [2.75, 3.05) is 11.4 Å². The first-order valence-corrected chi connectivity index (χ1v) is 6.70. The molecule has 3 nitrogen and oxygen atoms in total. The van der Waals surface area contributed by atoms with Crippen molar-refractivity contribution in [2.24, 2.45) is 11.7 Å². The van der Waals surface area contributed by atoms with E-state index in [0.29, 0.717) is 0 Å². The van der Waals surface area contributed by atoms with Gasteiger partial charge in [0.25, 0.3) is 0 Å². The van der Waals surface area contributed by atoms with E-state index in [9.17, 15) is 4.79 Å². The minimum Gasteiger partial charge on any atom is -0.320 e. The number of rotatable bonds is 6. The number of carbonyl (C=O) groups excluding carboxylic acids is 1. The molecule has 0 fully saturated rings. The average Bonchev–Trinajstić information content (AvgIpc) is 2.39. The van der Waals surface area contributed by atoms with E-state index < -0.39 is 6.04 Å². The number of hydrogen-bond donors (Lipinski definition) is 1. The van der Waals surface area contributed by atoms with Crippen molar-refractivity contribution in [2.45, 2.75) is 39.7 Å². The lowest BCUT2D eigenvalue weighted by molar-refractivity contribution is -0.120. The first-order chi connectivity index (χ1) is 8.57. The van der Waals surface area contributed by atoms with E-state index in [1.54, 1.807) is 0 Å². The zero-order valence-electron chi connectivity index (χ0n) is 11.6. The molecule has 1 atom stereocenters. The first-order valence-electron chi connectivity index (χ1n) is 6.70. The SMILES string of the molecule is CCCCN(C(=O)[C@H](N)C(C)C)c1ccccc1. The summed E-state index contributed by atoms with van der Waals surface area (Å²) in [4.78, 5) is 14.2. The molecule has 0 unspecified atom stereocenters. The van der Waals surface area contributed by atoms with Crippen LogP contribution in [0.2, 0.25) is 0 Å². The summed E-state index contributed by atoms with van der Waals surface area (Å²) in [6.07, 6.45) is 2.05. The second-order valence-corrected chi connectivity index (χ2v) is 4.95. The second kappa shape index (κ2) is 7.17. The number of nitrogens with two attached hydrogens (primary N) is 1. The summed E-state index contributed by atoms with van der Waals surface area (Å²) in [5.41, 5.74) is 6.92. The Kier molecular flexibility index (Phi) is 5.86. The van der Waals surface area contributed by atoms with Crippen molar-refractivity contribution in [3.63, 3.8) is 0 Å². The number of amides is 1. The highest BCUT2D eigenvalue weighted by atomic mass is 16.2. The molecule has 0 radical (unpaired) electrons. The summed E-state index contributed by atoms with van der Waals surface area (Å²) in [6.45, 7) is 6.81. The van der Waals surface area contributed by atoms with Gasteiger partial charge in [0.15, 0.2) is 0 Å². The zero-order chi connectivity index (χ0) is 13.5. The molecule has 1 aromatic carbocycles. The molecule has 1 amide bonds. The molecule has 0 saturated heterocycles. The summed E-state index contributed by atoms with van der Waals surface area (Å²) in [7, 11) is 0. The molecule has 0 aliphatic carbocycles. The van der Waals surface area contributed by atoms with Crippen LogP contribution in [-0.4, -0.2) is 18.5 Å². The first kappa shape index (κ1) is 14.7. The highest BCUT2D eigenvalue weighted by molar-refractivity contribution is 5.97. The van der Waals surface area contributed by atoms with E-state index in [1.807, 2.05) is 49.1 Å². The Morgan fingerprint density at radius 3 is 2.39 bits per heavy atom. The van der Waals surface area contributed by atoms with E-state index in [0.717, 1.165) is 25.1 Å². The number of nitrogens with zero attached hydrogens (tertiary/aromatic N) is 1. The highest BCUT2D eigenvalue weighted by Crippen LogP contribution is 2.16. The van der Waals surface area contributed by atoms with Crippen LogP contribution in [0, 0.1) is 5.92 Å². The molecule has 0 aliphatic heterocycles. The Hall–Kier alpha value is -1.35. The molecule has 0 aliphatic rings. The van der Waals surface area contributed by atoms with Crippen molar-refractivity contribution in [1.82, 2.24) is 0 Å². The van der Waals surface area contributed by atoms with Gasteiger partial charge >= 0.3 is 0 Å². The molecule has 0 aromatic heterocycles. The predicted molar refractivity (Wildman–Crippen MR) is 76.5 cm³/mol. The zero-order valence-corrected chi connectivity index (χ0v) is 11.6. The minimum absolute atomic E-state index is 0.0182. The summed E-state index contributed by atoms with van der Waals surface area (Å²) in [5.74, 6) is 0.176. The van der Waals surface area contributed by atoms with Gasteiger partial charge in [-0.15, -0.1) is 0 Å². The molecule has 1 aromatic rings. The van der Waals surface area contributed by atoms with E-state index in [4.69, 9.17) is 5.73 Å². The third-order valence-corrected chi connectivity index (χ3v) is 3.07. The van der Waals surface area contributed by atoms with Gasteiger partial charge in [-0.1, -0.05) is 45.4 Å². The normalized spacial score (nSPS) is 12.5. The summed E-state index contributed by atoms with van der Waals surface area (Å²) >= 11 is 0. The van der Waals surface area contributed by atoms with Gasteiger partial charge < -0.3 is 10.6 Å². The molecule has 0 bridgehead atoms. The highest BCUT2D eigenvalue weighted by Gasteiger charge is 2.24. The Balaban J connectivity index is 2.88. The monoisotopic (exact) mass is 248 g/mol. The number of carbonyl (C=O) groups is 1. The van der Waals surface area contributed by atoms with Gasteiger partial charge in [0.2, 0.25) is 5.91 Å². The van der Waals surface area contributed by atoms with Crippen LogP contribution in [0.25, 0.3) is 0 Å². The Bertz CT molecular complexity index is 362. The standard InChI is InChI=1S/C15H24N2O/c1-4-5-11-17(13-9-7-6-8-10-13)15(18)14(16)12(2)3/h6-10,12,14H,4-5,11,16H2,1-3H3/t14-/m1/s1. The third-order valence-electron chi connectivity index (χ3n) is 3.07. The molecule has 1 rings (SSSR count). The molecular formula is C15H24N2O. The van der Waals surface area contributed by atoms with Gasteiger partial charge in [-0.05, 0) is 24.5 Å². The Labute approximate surface area is 110 Å². The summed E-state index contributed by atoms with van der Waals surface area (Å²) in [5, 5.41) is 0. The van der Waals surface area contributed by atoms with Crippen molar-refractivity contribution < 1.29 is 4.79 Å². The van der Waals surface area contributed by atoms with Crippen molar-refractivity contribution >= 4 is 11.6 Å². The fourth-order valence-electron chi connectivity index (χ4n) is 1.76. The van der Waals surface area contributed by atoms with Gasteiger partial charge in [0.1, 0.15) is 0 Å². The fraction of sp³-hybridized carbons (Fsp3) is 0.533. The predicted octanol–water partition coefficient (Wildman–Crippen LogP) is 2.80. The molecule has 3 heteroatoms. The van der Waals surface area contributed by atoms with E-state index in [1.165, 1.54) is 0 Å². The Morgan fingerprint density at radius 1 is 1.28 bits per heavy atom. The van der Waals surface area contributed by atoms with Crippen LogP contribution in [0.5, 0.6) is 0 Å². The van der Waals surface area contributed by atoms with E-state index in [-0.39, 0.29) is 11.8 Å². The molecule has 0 spiro atoms. The lowest BCUT2D eigenvalue weighted by atomic mass is 10.0. The van der Waals surface area contributed by atoms with Crippen molar-refractivity contribution in [1.29, 1.82) is 0 Å². The van der Waals surface area contributed by atoms with E-state index >= 15 is 0 Å². The van der Waals surface area contributed by atoms with Crippen LogP contribution in [0.4, 0.5) is 5.69 Å². The maximum absolute atomic E-state index is 12.4. The number of hydrogen-bond acceptors (Lipinski definition) is 2. The fourth-order valence-corrected chi connectivity index (χ4v) is 1.76. The van der Waals surface area contributed by atoms with Crippen LogP contribution >= 0.6 is 0 Å². The van der Waals surface area contributed by atoms with E-state index in [2.05, 4.69) is 6.92 Å². The van der Waals surface area contributed by atoms with Crippen molar-refractivity contribution in [3.05, 3.63) is 30.3 Å². The maximum Gasteiger partial charge on any atom is 0.244 e. The molecular weight excluding hydrogens is 224 g/mol. The minimum atomic E-state index is -0.429. The van der Waals surface area contributed by atoms with Crippen molar-refractivity contribution in [3.8, 4) is 0 Å². The van der Waals surface area contributed by atoms with Gasteiger partial charge in [0, 0.05) is 12.2 Å². The molecule has 18 heavy (non-hydrogen) atoms. The summed E-state index contributed by atoms with van der Waals surface area (Å²) in [6, 6.07) is 9.34. The van der Waals surface area contributed by atoms with Gasteiger partial charge in [-0.25, -0.2) is 0 Å². The molecule has 100 valence electrons. The molecule has 0 saturated carbocycles. The summed E-state index contributed by atoms with van der Waals surface area (Å²) < 4.78 is 0. The van der Waals surface area contributed by atoms with Crippen LogP contribution in [0.1, 0.15) is 33.6 Å². The average molecular weight is 248 g/mol. The second-order valence-electron chi connectivity index (χ2n) is 4.95. The largest absolute Gasteiger partial charge is 0.320 e.